The van der Waals surface area contributed by atoms with Crippen LogP contribution in [0.25, 0.3) is 0 Å². The molecule has 0 aromatic heterocycles. The van der Waals surface area contributed by atoms with Gasteiger partial charge in [0.2, 0.25) is 0 Å². The Hall–Kier alpha value is -2.25. The minimum Gasteiger partial charge on any atom is -0.357 e. The number of hydrogen-bond donors (Lipinski definition) is 4. The lowest BCUT2D eigenvalue weighted by Gasteiger charge is -2.14. The zero-order valence-corrected chi connectivity index (χ0v) is 14.9. The van der Waals surface area contributed by atoms with E-state index in [9.17, 15) is 4.39 Å². The molecule has 0 atom stereocenters. The summed E-state index contributed by atoms with van der Waals surface area (Å²) in [7, 11) is 0. The molecule has 0 spiro atoms. The summed E-state index contributed by atoms with van der Waals surface area (Å²) in [5.41, 5.74) is 8.70. The van der Waals surface area contributed by atoms with Crippen molar-refractivity contribution < 1.29 is 4.39 Å². The van der Waals surface area contributed by atoms with E-state index in [0.717, 1.165) is 17.7 Å². The number of aryl methyl sites for hydroxylation is 1. The van der Waals surface area contributed by atoms with E-state index < -0.39 is 0 Å². The van der Waals surface area contributed by atoms with E-state index in [0.29, 0.717) is 16.8 Å². The third-order valence-corrected chi connectivity index (χ3v) is 3.70. The maximum atomic E-state index is 12.8. The van der Waals surface area contributed by atoms with Crippen molar-refractivity contribution in [3.05, 3.63) is 65.5 Å². The zero-order valence-electron chi connectivity index (χ0n) is 13.2. The molecule has 126 valence electrons. The molecule has 0 aliphatic rings. The highest BCUT2D eigenvalue weighted by atomic mass is 32.1. The second-order valence-electron chi connectivity index (χ2n) is 5.07. The molecule has 4 N–H and O–H groups in total. The summed E-state index contributed by atoms with van der Waals surface area (Å²) in [6.45, 7) is 2.59. The lowest BCUT2D eigenvalue weighted by atomic mass is 10.1. The Morgan fingerprint density at radius 3 is 2.38 bits per heavy atom. The van der Waals surface area contributed by atoms with Gasteiger partial charge in [-0.1, -0.05) is 31.2 Å². The zero-order chi connectivity index (χ0) is 17.4. The fraction of sp³-hybridized carbons (Fsp3) is 0.176. The van der Waals surface area contributed by atoms with Gasteiger partial charge in [0.05, 0.1) is 0 Å². The first kappa shape index (κ1) is 18.1. The number of hydrazine groups is 1. The molecule has 0 bridgehead atoms. The molecule has 0 heterocycles. The molecule has 0 unspecified atom stereocenters. The van der Waals surface area contributed by atoms with Crippen molar-refractivity contribution >= 4 is 40.3 Å². The predicted octanol–water partition coefficient (Wildman–Crippen LogP) is 3.25. The Kier molecular flexibility index (Phi) is 6.89. The van der Waals surface area contributed by atoms with Crippen LogP contribution in [0.5, 0.6) is 0 Å². The van der Waals surface area contributed by atoms with Gasteiger partial charge >= 0.3 is 0 Å². The Morgan fingerprint density at radius 2 is 1.67 bits per heavy atom. The van der Waals surface area contributed by atoms with Gasteiger partial charge in [0, 0.05) is 12.2 Å². The van der Waals surface area contributed by atoms with Crippen molar-refractivity contribution in [3.63, 3.8) is 0 Å². The summed E-state index contributed by atoms with van der Waals surface area (Å²) in [5.74, 6) is -0.260. The lowest BCUT2D eigenvalue weighted by Crippen LogP contribution is -2.47. The van der Waals surface area contributed by atoms with Crippen LogP contribution >= 0.6 is 24.4 Å². The molecule has 0 aliphatic carbocycles. The number of rotatable bonds is 4. The molecule has 0 amide bonds. The van der Waals surface area contributed by atoms with Crippen LogP contribution in [0.15, 0.2) is 48.5 Å². The van der Waals surface area contributed by atoms with Crippen molar-refractivity contribution in [2.45, 2.75) is 19.9 Å². The Bertz CT molecular complexity index is 704. The third-order valence-electron chi connectivity index (χ3n) is 3.25. The average Bonchev–Trinajstić information content (AvgIpc) is 2.59. The van der Waals surface area contributed by atoms with E-state index in [1.165, 1.54) is 17.7 Å². The predicted molar refractivity (Wildman–Crippen MR) is 104 cm³/mol. The van der Waals surface area contributed by atoms with E-state index in [4.69, 9.17) is 24.4 Å². The minimum absolute atomic E-state index is 0.260. The van der Waals surface area contributed by atoms with Gasteiger partial charge in [-0.25, -0.2) is 4.39 Å². The largest absolute Gasteiger partial charge is 0.357 e. The van der Waals surface area contributed by atoms with Gasteiger partial charge < -0.3 is 10.6 Å². The number of benzene rings is 2. The SMILES string of the molecule is CCc1cccc(NC(=S)NNC(=S)NCc2ccc(F)cc2)c1. The first-order chi connectivity index (χ1) is 11.6. The van der Waals surface area contributed by atoms with Crippen LogP contribution in [-0.4, -0.2) is 10.2 Å². The van der Waals surface area contributed by atoms with E-state index in [-0.39, 0.29) is 5.82 Å². The monoisotopic (exact) mass is 362 g/mol. The van der Waals surface area contributed by atoms with Crippen LogP contribution in [0.4, 0.5) is 10.1 Å². The first-order valence-electron chi connectivity index (χ1n) is 7.51. The van der Waals surface area contributed by atoms with E-state index in [1.54, 1.807) is 12.1 Å². The standard InChI is InChI=1S/C17H19FN4S2/c1-2-12-4-3-5-15(10-12)20-17(24)22-21-16(23)19-11-13-6-8-14(18)9-7-13/h3-10H,2,11H2,1H3,(H2,19,21,23)(H2,20,22,24). The van der Waals surface area contributed by atoms with Gasteiger partial charge in [0.15, 0.2) is 10.2 Å². The van der Waals surface area contributed by atoms with Crippen LogP contribution in [0.3, 0.4) is 0 Å². The molecule has 0 radical (unpaired) electrons. The summed E-state index contributed by atoms with van der Waals surface area (Å²) < 4.78 is 12.8. The molecule has 7 heteroatoms. The molecular weight excluding hydrogens is 343 g/mol. The maximum absolute atomic E-state index is 12.8. The van der Waals surface area contributed by atoms with Gasteiger partial charge in [-0.15, -0.1) is 0 Å². The van der Waals surface area contributed by atoms with Gasteiger partial charge in [0.25, 0.3) is 0 Å². The molecule has 0 aliphatic heterocycles. The number of halogens is 1. The third kappa shape index (κ3) is 6.10. The Morgan fingerprint density at radius 1 is 0.958 bits per heavy atom. The highest BCUT2D eigenvalue weighted by molar-refractivity contribution is 7.80. The number of hydrogen-bond acceptors (Lipinski definition) is 2. The number of nitrogens with one attached hydrogen (secondary N) is 4. The topological polar surface area (TPSA) is 48.1 Å². The van der Waals surface area contributed by atoms with E-state index in [2.05, 4.69) is 34.5 Å². The quantitative estimate of drug-likeness (QED) is 0.495. The molecular formula is C17H19FN4S2. The van der Waals surface area contributed by atoms with Crippen LogP contribution in [0, 0.1) is 5.82 Å². The van der Waals surface area contributed by atoms with Gasteiger partial charge in [0.1, 0.15) is 5.82 Å². The van der Waals surface area contributed by atoms with Gasteiger partial charge in [-0.3, -0.25) is 10.9 Å². The van der Waals surface area contributed by atoms with Crippen molar-refractivity contribution in [1.29, 1.82) is 0 Å². The van der Waals surface area contributed by atoms with Crippen molar-refractivity contribution in [1.82, 2.24) is 16.2 Å². The highest BCUT2D eigenvalue weighted by Crippen LogP contribution is 2.10. The molecule has 0 saturated carbocycles. The molecule has 4 nitrogen and oxygen atoms in total. The smallest absolute Gasteiger partial charge is 0.189 e. The Labute approximate surface area is 151 Å². The molecule has 2 aromatic rings. The minimum atomic E-state index is -0.260. The Balaban J connectivity index is 1.72. The van der Waals surface area contributed by atoms with E-state index >= 15 is 0 Å². The maximum Gasteiger partial charge on any atom is 0.189 e. The van der Waals surface area contributed by atoms with Crippen LogP contribution in [0.2, 0.25) is 0 Å². The summed E-state index contributed by atoms with van der Waals surface area (Å²) in [6, 6.07) is 14.2. The summed E-state index contributed by atoms with van der Waals surface area (Å²) in [5, 5.41) is 6.89. The van der Waals surface area contributed by atoms with Gasteiger partial charge in [-0.05, 0) is 66.2 Å². The van der Waals surface area contributed by atoms with Crippen LogP contribution in [-0.2, 0) is 13.0 Å². The fourth-order valence-electron chi connectivity index (χ4n) is 1.97. The molecule has 24 heavy (non-hydrogen) atoms. The van der Waals surface area contributed by atoms with Crippen molar-refractivity contribution in [3.8, 4) is 0 Å². The number of anilines is 1. The second kappa shape index (κ2) is 9.14. The molecule has 0 fully saturated rings. The van der Waals surface area contributed by atoms with Gasteiger partial charge in [-0.2, -0.15) is 0 Å². The van der Waals surface area contributed by atoms with Crippen LogP contribution in [0.1, 0.15) is 18.1 Å². The fourth-order valence-corrected chi connectivity index (χ4v) is 2.27. The number of thiocarbonyl (C=S) groups is 2. The highest BCUT2D eigenvalue weighted by Gasteiger charge is 2.00. The van der Waals surface area contributed by atoms with Crippen molar-refractivity contribution in [2.24, 2.45) is 0 Å². The van der Waals surface area contributed by atoms with E-state index in [1.807, 2.05) is 18.2 Å². The average molecular weight is 362 g/mol. The second-order valence-corrected chi connectivity index (χ2v) is 5.88. The normalized spacial score (nSPS) is 9.92. The summed E-state index contributed by atoms with van der Waals surface area (Å²) in [6.07, 6.45) is 0.964. The molecule has 0 saturated heterocycles. The first-order valence-corrected chi connectivity index (χ1v) is 8.32. The van der Waals surface area contributed by atoms with Crippen molar-refractivity contribution in [2.75, 3.05) is 5.32 Å². The molecule has 2 rings (SSSR count). The summed E-state index contributed by atoms with van der Waals surface area (Å²) in [4.78, 5) is 0. The van der Waals surface area contributed by atoms with Crippen LogP contribution < -0.4 is 21.5 Å². The molecule has 2 aromatic carbocycles. The summed E-state index contributed by atoms with van der Waals surface area (Å²) >= 11 is 10.4. The lowest BCUT2D eigenvalue weighted by molar-refractivity contribution is 0.626.